The molecule has 0 spiro atoms. The summed E-state index contributed by atoms with van der Waals surface area (Å²) in [6, 6.07) is 0. The normalized spacial score (nSPS) is 11.3. The molecule has 6 nitrogen and oxygen atoms in total. The minimum Gasteiger partial charge on any atom is -0.444 e. The molecule has 2 N–H and O–H groups in total. The number of aliphatic hydroxyl groups is 1. The summed E-state index contributed by atoms with van der Waals surface area (Å²) in [5.41, 5.74) is -0.489. The lowest BCUT2D eigenvalue weighted by Gasteiger charge is -2.19. The molecule has 7 heteroatoms. The number of hydrogen-bond donors (Lipinski definition) is 2. The molecular formula is C10H17N3O3S. The van der Waals surface area contributed by atoms with Gasteiger partial charge in [0, 0.05) is 13.0 Å². The molecule has 0 aliphatic heterocycles. The van der Waals surface area contributed by atoms with E-state index in [1.807, 2.05) is 20.8 Å². The molecule has 0 aliphatic rings. The van der Waals surface area contributed by atoms with Crippen LogP contribution in [0.4, 0.5) is 4.79 Å². The second kappa shape index (κ2) is 5.92. The summed E-state index contributed by atoms with van der Waals surface area (Å²) in [7, 11) is 0. The molecule has 1 aromatic rings. The predicted molar refractivity (Wildman–Crippen MR) is 63.8 cm³/mol. The smallest absolute Gasteiger partial charge is 0.407 e. The zero-order chi connectivity index (χ0) is 12.9. The molecule has 1 rings (SSSR count). The van der Waals surface area contributed by atoms with E-state index in [1.54, 1.807) is 0 Å². The standard InChI is InChI=1S/C10H17N3O3S/c1-10(2,3)16-9(15)11-5-4-7-12-13-8(6-14)17-7/h14H,4-6H2,1-3H3,(H,11,15). The van der Waals surface area contributed by atoms with Crippen LogP contribution < -0.4 is 5.32 Å². The summed E-state index contributed by atoms with van der Waals surface area (Å²) >= 11 is 1.33. The van der Waals surface area contributed by atoms with Crippen LogP contribution >= 0.6 is 11.3 Å². The van der Waals surface area contributed by atoms with Crippen LogP contribution in [0, 0.1) is 0 Å². The number of nitrogens with zero attached hydrogens (tertiary/aromatic N) is 2. The molecule has 0 atom stereocenters. The van der Waals surface area contributed by atoms with E-state index in [2.05, 4.69) is 15.5 Å². The van der Waals surface area contributed by atoms with Gasteiger partial charge in [-0.3, -0.25) is 0 Å². The fourth-order valence-electron chi connectivity index (χ4n) is 1.04. The topological polar surface area (TPSA) is 84.3 Å². The van der Waals surface area contributed by atoms with Gasteiger partial charge in [0.1, 0.15) is 15.6 Å². The van der Waals surface area contributed by atoms with Gasteiger partial charge in [-0.2, -0.15) is 0 Å². The molecule has 1 amide bonds. The van der Waals surface area contributed by atoms with Crippen LogP contribution in [0.1, 0.15) is 30.8 Å². The molecule has 17 heavy (non-hydrogen) atoms. The highest BCUT2D eigenvalue weighted by atomic mass is 32.1. The zero-order valence-corrected chi connectivity index (χ0v) is 11.0. The first-order chi connectivity index (χ1) is 7.90. The van der Waals surface area contributed by atoms with E-state index in [0.717, 1.165) is 5.01 Å². The average Bonchev–Trinajstić information content (AvgIpc) is 2.63. The monoisotopic (exact) mass is 259 g/mol. The van der Waals surface area contributed by atoms with E-state index in [4.69, 9.17) is 9.84 Å². The molecule has 0 saturated heterocycles. The van der Waals surface area contributed by atoms with Crippen molar-refractivity contribution in [2.75, 3.05) is 6.54 Å². The number of rotatable bonds is 4. The van der Waals surface area contributed by atoms with Gasteiger partial charge in [0.25, 0.3) is 0 Å². The number of nitrogens with one attached hydrogen (secondary N) is 1. The lowest BCUT2D eigenvalue weighted by molar-refractivity contribution is 0.0528. The van der Waals surface area contributed by atoms with E-state index in [9.17, 15) is 4.79 Å². The van der Waals surface area contributed by atoms with Crippen LogP contribution in [0.5, 0.6) is 0 Å². The summed E-state index contributed by atoms with van der Waals surface area (Å²) in [6.45, 7) is 5.77. The van der Waals surface area contributed by atoms with E-state index >= 15 is 0 Å². The number of aliphatic hydroxyl groups excluding tert-OH is 1. The summed E-state index contributed by atoms with van der Waals surface area (Å²) in [5.74, 6) is 0. The molecule has 0 bridgehead atoms. The molecular weight excluding hydrogens is 242 g/mol. The fourth-order valence-corrected chi connectivity index (χ4v) is 1.74. The third-order valence-corrected chi connectivity index (χ3v) is 2.62. The van der Waals surface area contributed by atoms with Crippen LogP contribution in [0.15, 0.2) is 0 Å². The predicted octanol–water partition coefficient (Wildman–Crippen LogP) is 1.10. The summed E-state index contributed by atoms with van der Waals surface area (Å²) in [5, 5.41) is 20.4. The van der Waals surface area contributed by atoms with E-state index < -0.39 is 11.7 Å². The van der Waals surface area contributed by atoms with E-state index in [0.29, 0.717) is 18.0 Å². The fraction of sp³-hybridized carbons (Fsp3) is 0.700. The molecule has 96 valence electrons. The second-order valence-corrected chi connectivity index (χ2v) is 5.57. The molecule has 0 aliphatic carbocycles. The number of ether oxygens (including phenoxy) is 1. The van der Waals surface area contributed by atoms with Crippen molar-refractivity contribution >= 4 is 17.4 Å². The first kappa shape index (κ1) is 13.9. The third kappa shape index (κ3) is 5.60. The lowest BCUT2D eigenvalue weighted by Crippen LogP contribution is -2.33. The van der Waals surface area contributed by atoms with Gasteiger partial charge >= 0.3 is 6.09 Å². The van der Waals surface area contributed by atoms with E-state index in [-0.39, 0.29) is 6.61 Å². The van der Waals surface area contributed by atoms with Crippen molar-refractivity contribution in [2.24, 2.45) is 0 Å². The molecule has 1 heterocycles. The highest BCUT2D eigenvalue weighted by molar-refractivity contribution is 7.11. The first-order valence-electron chi connectivity index (χ1n) is 5.29. The molecule has 0 fully saturated rings. The molecule has 0 radical (unpaired) electrons. The number of carbonyl (C=O) groups is 1. The maximum absolute atomic E-state index is 11.3. The Hall–Kier alpha value is -1.21. The highest BCUT2D eigenvalue weighted by Crippen LogP contribution is 2.10. The third-order valence-electron chi connectivity index (χ3n) is 1.65. The van der Waals surface area contributed by atoms with Crippen LogP contribution in [0.3, 0.4) is 0 Å². The van der Waals surface area contributed by atoms with Gasteiger partial charge in [-0.25, -0.2) is 4.79 Å². The van der Waals surface area contributed by atoms with Crippen molar-refractivity contribution in [2.45, 2.75) is 39.4 Å². The Morgan fingerprint density at radius 2 is 2.06 bits per heavy atom. The van der Waals surface area contributed by atoms with E-state index in [1.165, 1.54) is 11.3 Å². The van der Waals surface area contributed by atoms with Gasteiger partial charge in [-0.05, 0) is 20.8 Å². The summed E-state index contributed by atoms with van der Waals surface area (Å²) < 4.78 is 5.08. The van der Waals surface area contributed by atoms with Crippen molar-refractivity contribution in [1.29, 1.82) is 0 Å². The first-order valence-corrected chi connectivity index (χ1v) is 6.11. The van der Waals surface area contributed by atoms with Gasteiger partial charge in [0.15, 0.2) is 0 Å². The van der Waals surface area contributed by atoms with Gasteiger partial charge in [-0.15, -0.1) is 10.2 Å². The Morgan fingerprint density at radius 1 is 1.41 bits per heavy atom. The molecule has 0 saturated carbocycles. The number of hydrogen-bond acceptors (Lipinski definition) is 6. The van der Waals surface area contributed by atoms with Crippen molar-refractivity contribution in [1.82, 2.24) is 15.5 Å². The second-order valence-electron chi connectivity index (χ2n) is 4.43. The zero-order valence-electron chi connectivity index (χ0n) is 10.2. The number of alkyl carbamates (subject to hydrolysis) is 1. The molecule has 0 aromatic carbocycles. The van der Waals surface area contributed by atoms with Crippen LogP contribution in [0.2, 0.25) is 0 Å². The Kier molecular flexibility index (Phi) is 4.83. The van der Waals surface area contributed by atoms with Crippen molar-refractivity contribution in [3.63, 3.8) is 0 Å². The average molecular weight is 259 g/mol. The maximum Gasteiger partial charge on any atom is 0.407 e. The Balaban J connectivity index is 2.26. The number of amides is 1. The van der Waals surface area contributed by atoms with Crippen molar-refractivity contribution in [3.8, 4) is 0 Å². The Bertz CT molecular complexity index is 373. The lowest BCUT2D eigenvalue weighted by atomic mass is 10.2. The van der Waals surface area contributed by atoms with Gasteiger partial charge in [0.2, 0.25) is 0 Å². The Morgan fingerprint density at radius 3 is 2.59 bits per heavy atom. The molecule has 1 aromatic heterocycles. The SMILES string of the molecule is CC(C)(C)OC(=O)NCCc1nnc(CO)s1. The van der Waals surface area contributed by atoms with Gasteiger partial charge in [-0.1, -0.05) is 11.3 Å². The van der Waals surface area contributed by atoms with Crippen molar-refractivity contribution in [3.05, 3.63) is 10.0 Å². The van der Waals surface area contributed by atoms with Crippen LogP contribution in [0.25, 0.3) is 0 Å². The number of aromatic nitrogens is 2. The summed E-state index contributed by atoms with van der Waals surface area (Å²) in [4.78, 5) is 11.3. The maximum atomic E-state index is 11.3. The quantitative estimate of drug-likeness (QED) is 0.845. The summed E-state index contributed by atoms with van der Waals surface area (Å²) in [6.07, 6.45) is 0.140. The van der Waals surface area contributed by atoms with Crippen LogP contribution in [-0.4, -0.2) is 33.5 Å². The number of carbonyl (C=O) groups excluding carboxylic acids is 1. The largest absolute Gasteiger partial charge is 0.444 e. The van der Waals surface area contributed by atoms with Crippen LogP contribution in [-0.2, 0) is 17.8 Å². The van der Waals surface area contributed by atoms with Gasteiger partial charge < -0.3 is 15.2 Å². The minimum atomic E-state index is -0.489. The highest BCUT2D eigenvalue weighted by Gasteiger charge is 2.15. The van der Waals surface area contributed by atoms with Gasteiger partial charge in [0.05, 0.1) is 6.61 Å². The Labute approximate surface area is 104 Å². The minimum absolute atomic E-state index is 0.100. The molecule has 0 unspecified atom stereocenters. The van der Waals surface area contributed by atoms with Crippen molar-refractivity contribution < 1.29 is 14.6 Å².